The van der Waals surface area contributed by atoms with E-state index in [1.54, 1.807) is 24.3 Å². The zero-order chi connectivity index (χ0) is 12.3. The summed E-state index contributed by atoms with van der Waals surface area (Å²) in [7, 11) is -1.16. The number of hydrogen-bond acceptors (Lipinski definition) is 4. The molecular formula is C12H18N2O2S. The van der Waals surface area contributed by atoms with E-state index in [0.717, 1.165) is 19.6 Å². The molecular weight excluding hydrogens is 236 g/mol. The van der Waals surface area contributed by atoms with E-state index in [9.17, 15) is 8.42 Å². The zero-order valence-electron chi connectivity index (χ0n) is 9.96. The quantitative estimate of drug-likeness (QED) is 0.846. The van der Waals surface area contributed by atoms with E-state index in [4.69, 9.17) is 0 Å². The van der Waals surface area contributed by atoms with Gasteiger partial charge in [0.25, 0.3) is 0 Å². The summed E-state index contributed by atoms with van der Waals surface area (Å²) in [6.45, 7) is 2.61. The molecule has 1 aliphatic rings. The Hall–Kier alpha value is -0.910. The molecule has 0 amide bonds. The Morgan fingerprint density at radius 2 is 2.06 bits per heavy atom. The second-order valence-electron chi connectivity index (χ2n) is 4.51. The first-order valence-corrected chi connectivity index (χ1v) is 7.43. The van der Waals surface area contributed by atoms with Gasteiger partial charge in [0, 0.05) is 25.7 Å². The summed E-state index contributed by atoms with van der Waals surface area (Å²) >= 11 is 0. The minimum Gasteiger partial charge on any atom is -0.310 e. The smallest absolute Gasteiger partial charge is 0.179 e. The van der Waals surface area contributed by atoms with Gasteiger partial charge in [-0.2, -0.15) is 0 Å². The molecule has 1 fully saturated rings. The summed E-state index contributed by atoms with van der Waals surface area (Å²) in [5.74, 6) is 0.168. The number of rotatable bonds is 3. The van der Waals surface area contributed by atoms with Gasteiger partial charge in [0.15, 0.2) is 9.84 Å². The van der Waals surface area contributed by atoms with E-state index in [-0.39, 0.29) is 11.8 Å². The Morgan fingerprint density at radius 3 is 2.71 bits per heavy atom. The second-order valence-corrected chi connectivity index (χ2v) is 6.54. The number of hydrogen-bond donors (Lipinski definition) is 1. The Bertz CT molecular complexity index is 459. The topological polar surface area (TPSA) is 49.4 Å². The summed E-state index contributed by atoms with van der Waals surface area (Å²) < 4.78 is 24.3. The summed E-state index contributed by atoms with van der Waals surface area (Å²) in [6.07, 6.45) is 0. The molecule has 1 unspecified atom stereocenters. The number of piperazine rings is 1. The zero-order valence-corrected chi connectivity index (χ0v) is 10.8. The molecule has 1 aliphatic heterocycles. The van der Waals surface area contributed by atoms with Crippen LogP contribution in [0.4, 0.5) is 0 Å². The Balaban J connectivity index is 2.07. The van der Waals surface area contributed by atoms with Crippen LogP contribution in [0.2, 0.25) is 0 Å². The molecule has 17 heavy (non-hydrogen) atoms. The molecule has 1 atom stereocenters. The van der Waals surface area contributed by atoms with Crippen molar-refractivity contribution < 1.29 is 8.42 Å². The molecule has 0 radical (unpaired) electrons. The Labute approximate surface area is 103 Å². The van der Waals surface area contributed by atoms with Crippen LogP contribution in [0.25, 0.3) is 0 Å². The third-order valence-electron chi connectivity index (χ3n) is 2.98. The molecule has 5 heteroatoms. The second kappa shape index (κ2) is 5.16. The van der Waals surface area contributed by atoms with Crippen LogP contribution < -0.4 is 5.32 Å². The van der Waals surface area contributed by atoms with Crippen LogP contribution in [0.3, 0.4) is 0 Å². The lowest BCUT2D eigenvalue weighted by Crippen LogP contribution is -2.51. The molecule has 1 saturated heterocycles. The van der Waals surface area contributed by atoms with E-state index < -0.39 is 9.84 Å². The van der Waals surface area contributed by atoms with E-state index in [1.807, 2.05) is 13.1 Å². The van der Waals surface area contributed by atoms with Crippen LogP contribution in [-0.2, 0) is 9.84 Å². The van der Waals surface area contributed by atoms with Crippen molar-refractivity contribution in [2.45, 2.75) is 10.9 Å². The van der Waals surface area contributed by atoms with Gasteiger partial charge in [-0.15, -0.1) is 0 Å². The van der Waals surface area contributed by atoms with Gasteiger partial charge in [-0.3, -0.25) is 0 Å². The average molecular weight is 254 g/mol. The van der Waals surface area contributed by atoms with Crippen LogP contribution >= 0.6 is 0 Å². The standard InChI is InChI=1S/C12H18N2O2S/c1-14-8-7-13-11(9-14)10-17(15,16)12-5-3-2-4-6-12/h2-6,11,13H,7-10H2,1H3. The monoisotopic (exact) mass is 254 g/mol. The van der Waals surface area contributed by atoms with Crippen molar-refractivity contribution in [2.24, 2.45) is 0 Å². The van der Waals surface area contributed by atoms with Crippen LogP contribution in [0.15, 0.2) is 35.2 Å². The highest BCUT2D eigenvalue weighted by atomic mass is 32.2. The fraction of sp³-hybridized carbons (Fsp3) is 0.500. The largest absolute Gasteiger partial charge is 0.310 e. The summed E-state index contributed by atoms with van der Waals surface area (Å²) in [5, 5.41) is 3.25. The molecule has 2 rings (SSSR count). The lowest BCUT2D eigenvalue weighted by Gasteiger charge is -2.30. The minimum atomic E-state index is -3.17. The van der Waals surface area contributed by atoms with Gasteiger partial charge >= 0.3 is 0 Å². The van der Waals surface area contributed by atoms with Crippen molar-refractivity contribution in [1.82, 2.24) is 10.2 Å². The van der Waals surface area contributed by atoms with Crippen molar-refractivity contribution in [3.63, 3.8) is 0 Å². The normalized spacial score (nSPS) is 22.5. The van der Waals surface area contributed by atoms with Crippen molar-refractivity contribution in [1.29, 1.82) is 0 Å². The van der Waals surface area contributed by atoms with E-state index in [1.165, 1.54) is 0 Å². The van der Waals surface area contributed by atoms with Crippen LogP contribution in [0.5, 0.6) is 0 Å². The fourth-order valence-corrected chi connectivity index (χ4v) is 3.61. The van der Waals surface area contributed by atoms with Gasteiger partial charge in [0.2, 0.25) is 0 Å². The van der Waals surface area contributed by atoms with Gasteiger partial charge < -0.3 is 10.2 Å². The van der Waals surface area contributed by atoms with Crippen molar-refractivity contribution in [2.75, 3.05) is 32.4 Å². The van der Waals surface area contributed by atoms with E-state index in [0.29, 0.717) is 4.90 Å². The molecule has 1 heterocycles. The van der Waals surface area contributed by atoms with Crippen molar-refractivity contribution in [3.05, 3.63) is 30.3 Å². The van der Waals surface area contributed by atoms with Crippen molar-refractivity contribution >= 4 is 9.84 Å². The SMILES string of the molecule is CN1CCNC(CS(=O)(=O)c2ccccc2)C1. The maximum absolute atomic E-state index is 12.1. The maximum atomic E-state index is 12.1. The van der Waals surface area contributed by atoms with Crippen LogP contribution in [-0.4, -0.2) is 51.8 Å². The van der Waals surface area contributed by atoms with Crippen molar-refractivity contribution in [3.8, 4) is 0 Å². The summed E-state index contributed by atoms with van der Waals surface area (Å²) in [5.41, 5.74) is 0. The van der Waals surface area contributed by atoms with Gasteiger partial charge in [-0.25, -0.2) is 8.42 Å². The first-order valence-electron chi connectivity index (χ1n) is 5.78. The Morgan fingerprint density at radius 1 is 1.35 bits per heavy atom. The third kappa shape index (κ3) is 3.28. The van der Waals surface area contributed by atoms with Gasteiger partial charge in [-0.1, -0.05) is 18.2 Å². The van der Waals surface area contributed by atoms with Gasteiger partial charge in [-0.05, 0) is 19.2 Å². The molecule has 0 bridgehead atoms. The first-order chi connectivity index (χ1) is 8.08. The van der Waals surface area contributed by atoms with Crippen LogP contribution in [0.1, 0.15) is 0 Å². The average Bonchev–Trinajstić information content (AvgIpc) is 2.29. The summed E-state index contributed by atoms with van der Waals surface area (Å²) in [6, 6.07) is 8.68. The highest BCUT2D eigenvalue weighted by molar-refractivity contribution is 7.91. The van der Waals surface area contributed by atoms with E-state index in [2.05, 4.69) is 10.2 Å². The third-order valence-corrected chi connectivity index (χ3v) is 4.81. The predicted octanol–water partition coefficient (Wildman–Crippen LogP) is 0.364. The van der Waals surface area contributed by atoms with Gasteiger partial charge in [0.1, 0.15) is 0 Å². The number of nitrogens with one attached hydrogen (secondary N) is 1. The lowest BCUT2D eigenvalue weighted by molar-refractivity contribution is 0.249. The molecule has 0 spiro atoms. The molecule has 0 saturated carbocycles. The molecule has 94 valence electrons. The molecule has 4 nitrogen and oxygen atoms in total. The van der Waals surface area contributed by atoms with Crippen LogP contribution in [0, 0.1) is 0 Å². The predicted molar refractivity (Wildman–Crippen MR) is 67.8 cm³/mol. The minimum absolute atomic E-state index is 0.0268. The number of benzene rings is 1. The molecule has 0 aliphatic carbocycles. The fourth-order valence-electron chi connectivity index (χ4n) is 2.09. The maximum Gasteiger partial charge on any atom is 0.179 e. The number of sulfone groups is 1. The highest BCUT2D eigenvalue weighted by Crippen LogP contribution is 2.12. The Kier molecular flexibility index (Phi) is 3.81. The summed E-state index contributed by atoms with van der Waals surface area (Å²) in [4.78, 5) is 2.57. The van der Waals surface area contributed by atoms with E-state index >= 15 is 0 Å². The molecule has 0 aromatic heterocycles. The number of likely N-dealkylation sites (N-methyl/N-ethyl adjacent to an activating group) is 1. The number of nitrogens with zero attached hydrogens (tertiary/aromatic N) is 1. The lowest BCUT2D eigenvalue weighted by atomic mass is 10.2. The first kappa shape index (κ1) is 12.5. The molecule has 1 aromatic carbocycles. The van der Waals surface area contributed by atoms with Gasteiger partial charge in [0.05, 0.1) is 10.6 Å². The molecule has 1 N–H and O–H groups in total. The highest BCUT2D eigenvalue weighted by Gasteiger charge is 2.24. The molecule has 1 aromatic rings.